The summed E-state index contributed by atoms with van der Waals surface area (Å²) < 4.78 is 3.85. The van der Waals surface area contributed by atoms with Gasteiger partial charge in [0.05, 0.1) is 23.7 Å². The van der Waals surface area contributed by atoms with Gasteiger partial charge >= 0.3 is 0 Å². The van der Waals surface area contributed by atoms with E-state index in [1.807, 2.05) is 49.4 Å². The second kappa shape index (κ2) is 9.83. The van der Waals surface area contributed by atoms with Crippen LogP contribution < -0.4 is 9.64 Å². The lowest BCUT2D eigenvalue weighted by Crippen LogP contribution is -2.53. The Hall–Kier alpha value is -2.78. The zero-order valence-corrected chi connectivity index (χ0v) is 22.4. The van der Waals surface area contributed by atoms with Crippen LogP contribution in [0.15, 0.2) is 48.6 Å². The van der Waals surface area contributed by atoms with E-state index in [4.69, 9.17) is 4.74 Å². The predicted molar refractivity (Wildman–Crippen MR) is 143 cm³/mol. The molecule has 2 fully saturated rings. The summed E-state index contributed by atoms with van der Waals surface area (Å²) in [4.78, 5) is 47.4. The van der Waals surface area contributed by atoms with E-state index in [0.29, 0.717) is 38.2 Å². The number of methoxy groups -OCH3 is 1. The zero-order chi connectivity index (χ0) is 26.4. The predicted octanol–water partition coefficient (Wildman–Crippen LogP) is 2.48. The third-order valence-electron chi connectivity index (χ3n) is 8.20. The first kappa shape index (κ1) is 25.9. The summed E-state index contributed by atoms with van der Waals surface area (Å²) in [6.07, 6.45) is 10.2. The minimum atomic E-state index is -0.843. The molecule has 1 N–H and O–H groups in total. The van der Waals surface area contributed by atoms with Crippen LogP contribution in [0.1, 0.15) is 26.2 Å². The minimum Gasteiger partial charge on any atom is -0.497 e. The number of likely N-dealkylation sites (N-methyl/N-ethyl adjacent to an activating group) is 1. The Bertz CT molecular complexity index is 1140. The number of carbonyl (C=O) groups is 3. The van der Waals surface area contributed by atoms with E-state index in [1.165, 1.54) is 0 Å². The zero-order valence-electron chi connectivity index (χ0n) is 21.6. The second-order valence-corrected chi connectivity index (χ2v) is 12.3. The fourth-order valence-corrected chi connectivity index (χ4v) is 8.61. The first-order valence-electron chi connectivity index (χ1n) is 12.9. The number of likely N-dealkylation sites (tertiary alicyclic amines) is 1. The van der Waals surface area contributed by atoms with Crippen LogP contribution in [-0.4, -0.2) is 88.6 Å². The molecule has 0 radical (unpaired) electrons. The molecule has 0 aromatic heterocycles. The number of amides is 3. The van der Waals surface area contributed by atoms with E-state index in [2.05, 4.69) is 6.08 Å². The van der Waals surface area contributed by atoms with Crippen LogP contribution in [0.3, 0.4) is 0 Å². The number of unbranched alkanes of at least 4 members (excludes halogenated alkanes) is 2. The number of benzene rings is 1. The third kappa shape index (κ3) is 4.07. The maximum absolute atomic E-state index is 14.4. The number of aliphatic hydroxyl groups excluding tert-OH is 1. The van der Waals surface area contributed by atoms with Gasteiger partial charge in [-0.05, 0) is 50.5 Å². The molecule has 5 rings (SSSR count). The van der Waals surface area contributed by atoms with Crippen molar-refractivity contribution in [1.82, 2.24) is 9.80 Å². The molecule has 4 aliphatic rings. The molecule has 2 saturated heterocycles. The van der Waals surface area contributed by atoms with Crippen LogP contribution >= 0.6 is 11.8 Å². The summed E-state index contributed by atoms with van der Waals surface area (Å²) in [7, 11) is 3.38. The van der Waals surface area contributed by atoms with Gasteiger partial charge in [-0.15, -0.1) is 11.8 Å². The summed E-state index contributed by atoms with van der Waals surface area (Å²) in [5.41, 5.74) is 0.739. The van der Waals surface area contributed by atoms with Crippen LogP contribution in [0.25, 0.3) is 0 Å². The van der Waals surface area contributed by atoms with Gasteiger partial charge in [0.1, 0.15) is 11.8 Å². The summed E-state index contributed by atoms with van der Waals surface area (Å²) in [5, 5.41) is 9.23. The van der Waals surface area contributed by atoms with Crippen LogP contribution in [0.2, 0.25) is 0 Å². The molecule has 4 aliphatic heterocycles. The maximum atomic E-state index is 14.4. The third-order valence-corrected chi connectivity index (χ3v) is 10.00. The number of carbonyl (C=O) groups excluding carboxylic acids is 3. The number of fused-ring (bicyclic) bond motifs is 2. The SMILES string of the molecule is COc1ccc(N2CC=C[C@]34S[C@]5(C)C=CCN(C)C(=O)[C@@H]5[C@H]3C(=O)N(CCCCCO)C4C2=O)cc1. The van der Waals surface area contributed by atoms with Crippen molar-refractivity contribution in [2.45, 2.75) is 41.7 Å². The monoisotopic (exact) mass is 525 g/mol. The van der Waals surface area contributed by atoms with Crippen molar-refractivity contribution in [3.05, 3.63) is 48.6 Å². The molecule has 5 atom stereocenters. The molecule has 4 heterocycles. The maximum Gasteiger partial charge on any atom is 0.251 e. The van der Waals surface area contributed by atoms with Gasteiger partial charge in [0.25, 0.3) is 5.91 Å². The first-order valence-corrected chi connectivity index (χ1v) is 13.8. The lowest BCUT2D eigenvalue weighted by atomic mass is 9.74. The van der Waals surface area contributed by atoms with Gasteiger partial charge in [-0.1, -0.05) is 24.3 Å². The standard InChI is InChI=1S/C28H35N3O5S/c1-27-13-7-15-29(2)24(33)21(27)22-25(34)31(16-5-4-6-18-32)23-26(35)30(17-8-14-28(22,23)37-27)19-9-11-20(36-3)12-10-19/h7-14,21-23,32H,4-6,15-18H2,1-3H3/t21-,22-,23?,27+,28-/m0/s1. The number of thioether (sulfide) groups is 1. The van der Waals surface area contributed by atoms with Crippen molar-refractivity contribution in [3.63, 3.8) is 0 Å². The fraction of sp³-hybridized carbons (Fsp3) is 0.536. The van der Waals surface area contributed by atoms with Crippen molar-refractivity contribution in [2.24, 2.45) is 11.8 Å². The number of hydrogen-bond acceptors (Lipinski definition) is 6. The summed E-state index contributed by atoms with van der Waals surface area (Å²) in [6, 6.07) is 6.64. The number of hydrogen-bond donors (Lipinski definition) is 1. The highest BCUT2D eigenvalue weighted by atomic mass is 32.2. The van der Waals surface area contributed by atoms with E-state index in [1.54, 1.807) is 40.6 Å². The fourth-order valence-electron chi connectivity index (χ4n) is 6.45. The van der Waals surface area contributed by atoms with Crippen LogP contribution in [-0.2, 0) is 14.4 Å². The molecule has 0 saturated carbocycles. The van der Waals surface area contributed by atoms with E-state index in [9.17, 15) is 19.5 Å². The molecule has 1 aromatic carbocycles. The summed E-state index contributed by atoms with van der Waals surface area (Å²) >= 11 is 1.60. The molecule has 1 spiro atoms. The van der Waals surface area contributed by atoms with Gasteiger partial charge in [-0.25, -0.2) is 0 Å². The Labute approximate surface area is 222 Å². The van der Waals surface area contributed by atoms with Crippen molar-refractivity contribution >= 4 is 35.2 Å². The first-order chi connectivity index (χ1) is 17.8. The Morgan fingerprint density at radius 2 is 1.70 bits per heavy atom. The van der Waals surface area contributed by atoms with E-state index < -0.39 is 27.4 Å². The molecule has 37 heavy (non-hydrogen) atoms. The van der Waals surface area contributed by atoms with E-state index in [0.717, 1.165) is 12.1 Å². The summed E-state index contributed by atoms with van der Waals surface area (Å²) in [6.45, 7) is 3.44. The minimum absolute atomic E-state index is 0.0480. The van der Waals surface area contributed by atoms with Gasteiger partial charge in [-0.3, -0.25) is 14.4 Å². The topological polar surface area (TPSA) is 90.4 Å². The Morgan fingerprint density at radius 3 is 2.41 bits per heavy atom. The van der Waals surface area contributed by atoms with Crippen LogP contribution in [0.4, 0.5) is 5.69 Å². The largest absolute Gasteiger partial charge is 0.497 e. The molecule has 198 valence electrons. The molecular weight excluding hydrogens is 490 g/mol. The van der Waals surface area contributed by atoms with Crippen molar-refractivity contribution in [3.8, 4) is 5.75 Å². The Kier molecular flexibility index (Phi) is 6.87. The van der Waals surface area contributed by atoms with E-state index >= 15 is 0 Å². The highest BCUT2D eigenvalue weighted by molar-refractivity contribution is 8.02. The smallest absolute Gasteiger partial charge is 0.251 e. The number of rotatable bonds is 7. The number of nitrogens with zero attached hydrogens (tertiary/aromatic N) is 3. The van der Waals surface area contributed by atoms with Crippen LogP contribution in [0.5, 0.6) is 5.75 Å². The van der Waals surface area contributed by atoms with Crippen LogP contribution in [0, 0.1) is 11.8 Å². The lowest BCUT2D eigenvalue weighted by Gasteiger charge is -2.37. The van der Waals surface area contributed by atoms with E-state index in [-0.39, 0.29) is 24.3 Å². The summed E-state index contributed by atoms with van der Waals surface area (Å²) in [5.74, 6) is -0.781. The quantitative estimate of drug-likeness (QED) is 0.435. The molecule has 0 bridgehead atoms. The van der Waals surface area contributed by atoms with Gasteiger partial charge in [0.15, 0.2) is 0 Å². The van der Waals surface area contributed by atoms with Gasteiger partial charge in [0.2, 0.25) is 11.8 Å². The van der Waals surface area contributed by atoms with Gasteiger partial charge in [0, 0.05) is 43.7 Å². The molecular formula is C28H35N3O5S. The van der Waals surface area contributed by atoms with Crippen molar-refractivity contribution < 1.29 is 24.2 Å². The van der Waals surface area contributed by atoms with Crippen molar-refractivity contribution in [2.75, 3.05) is 45.3 Å². The molecule has 3 amide bonds. The molecule has 1 aromatic rings. The number of aliphatic hydroxyl groups is 1. The highest BCUT2D eigenvalue weighted by Crippen LogP contribution is 2.65. The van der Waals surface area contributed by atoms with Crippen molar-refractivity contribution in [1.29, 1.82) is 0 Å². The molecule has 9 heteroatoms. The molecule has 8 nitrogen and oxygen atoms in total. The highest BCUT2D eigenvalue weighted by Gasteiger charge is 2.73. The average Bonchev–Trinajstić information content (AvgIpc) is 3.16. The second-order valence-electron chi connectivity index (χ2n) is 10.5. The molecule has 1 unspecified atom stereocenters. The number of anilines is 1. The van der Waals surface area contributed by atoms with Gasteiger partial charge < -0.3 is 24.5 Å². The number of ether oxygens (including phenoxy) is 1. The Balaban J connectivity index is 1.58. The Morgan fingerprint density at radius 1 is 0.973 bits per heavy atom. The normalized spacial score (nSPS) is 32.8. The average molecular weight is 526 g/mol. The lowest BCUT2D eigenvalue weighted by molar-refractivity contribution is -0.143. The molecule has 0 aliphatic carbocycles. The van der Waals surface area contributed by atoms with Gasteiger partial charge in [-0.2, -0.15) is 0 Å².